The van der Waals surface area contributed by atoms with Gasteiger partial charge in [0.2, 0.25) is 0 Å². The van der Waals surface area contributed by atoms with Gasteiger partial charge in [0.1, 0.15) is 5.75 Å². The molecule has 1 aromatic heterocycles. The van der Waals surface area contributed by atoms with Gasteiger partial charge in [-0.2, -0.15) is 0 Å². The fraction of sp³-hybridized carbons (Fsp3) is 0.368. The summed E-state index contributed by atoms with van der Waals surface area (Å²) in [6, 6.07) is 11.0. The van der Waals surface area contributed by atoms with Gasteiger partial charge < -0.3 is 14.5 Å². The predicted molar refractivity (Wildman–Crippen MR) is 99.2 cm³/mol. The van der Waals surface area contributed by atoms with E-state index in [9.17, 15) is 4.79 Å². The summed E-state index contributed by atoms with van der Waals surface area (Å²) in [4.78, 5) is 21.1. The van der Waals surface area contributed by atoms with Crippen LogP contribution in [0.5, 0.6) is 5.75 Å². The SMILES string of the molecule is CC(C)(Oc1ccc(Cl)cc1)C(=O)N1CCN(c2ccncc2)CC1. The number of ether oxygens (including phenoxy) is 1. The number of hydrogen-bond donors (Lipinski definition) is 0. The number of aromatic nitrogens is 1. The maximum atomic E-state index is 12.9. The zero-order valence-electron chi connectivity index (χ0n) is 14.5. The summed E-state index contributed by atoms with van der Waals surface area (Å²) in [5.74, 6) is 0.634. The summed E-state index contributed by atoms with van der Waals surface area (Å²) >= 11 is 5.89. The molecule has 1 aliphatic heterocycles. The summed E-state index contributed by atoms with van der Waals surface area (Å²) < 4.78 is 5.91. The van der Waals surface area contributed by atoms with Crippen LogP contribution in [0.3, 0.4) is 0 Å². The van der Waals surface area contributed by atoms with Crippen LogP contribution in [0.15, 0.2) is 48.8 Å². The summed E-state index contributed by atoms with van der Waals surface area (Å²) in [5, 5.41) is 0.642. The van der Waals surface area contributed by atoms with E-state index in [0.717, 1.165) is 18.8 Å². The second kappa shape index (κ2) is 7.31. The minimum atomic E-state index is -0.924. The second-order valence-electron chi connectivity index (χ2n) is 6.55. The van der Waals surface area contributed by atoms with Crippen LogP contribution in [0, 0.1) is 0 Å². The number of hydrogen-bond acceptors (Lipinski definition) is 4. The van der Waals surface area contributed by atoms with Crippen molar-refractivity contribution in [2.24, 2.45) is 0 Å². The van der Waals surface area contributed by atoms with Crippen molar-refractivity contribution in [3.63, 3.8) is 0 Å². The van der Waals surface area contributed by atoms with Crippen LogP contribution >= 0.6 is 11.6 Å². The van der Waals surface area contributed by atoms with Gasteiger partial charge in [0, 0.05) is 49.3 Å². The van der Waals surface area contributed by atoms with E-state index < -0.39 is 5.60 Å². The highest BCUT2D eigenvalue weighted by atomic mass is 35.5. The first-order valence-electron chi connectivity index (χ1n) is 8.35. The molecule has 2 aromatic rings. The molecule has 5 nitrogen and oxygen atoms in total. The standard InChI is InChI=1S/C19H22ClN3O2/c1-19(2,25-17-5-3-15(20)4-6-17)18(24)23-13-11-22(12-14-23)16-7-9-21-10-8-16/h3-10H,11-14H2,1-2H3. The number of amides is 1. The number of benzene rings is 1. The zero-order chi connectivity index (χ0) is 17.9. The Hall–Kier alpha value is -2.27. The first kappa shape index (κ1) is 17.5. The smallest absolute Gasteiger partial charge is 0.266 e. The third kappa shape index (κ3) is 4.23. The highest BCUT2D eigenvalue weighted by Crippen LogP contribution is 2.23. The Kier molecular flexibility index (Phi) is 5.13. The lowest BCUT2D eigenvalue weighted by Gasteiger charge is -2.39. The largest absolute Gasteiger partial charge is 0.478 e. The Morgan fingerprint density at radius 2 is 1.64 bits per heavy atom. The maximum Gasteiger partial charge on any atom is 0.266 e. The van der Waals surface area contributed by atoms with Crippen molar-refractivity contribution in [1.29, 1.82) is 0 Å². The normalized spacial score (nSPS) is 15.2. The van der Waals surface area contributed by atoms with Crippen molar-refractivity contribution >= 4 is 23.2 Å². The molecule has 1 amide bonds. The van der Waals surface area contributed by atoms with Crippen molar-refractivity contribution in [2.75, 3.05) is 31.1 Å². The molecule has 2 heterocycles. The topological polar surface area (TPSA) is 45.7 Å². The van der Waals surface area contributed by atoms with Crippen molar-refractivity contribution in [3.05, 3.63) is 53.8 Å². The molecule has 0 atom stereocenters. The lowest BCUT2D eigenvalue weighted by atomic mass is 10.1. The van der Waals surface area contributed by atoms with Gasteiger partial charge in [-0.05, 0) is 50.2 Å². The first-order chi connectivity index (χ1) is 12.0. The molecule has 0 aliphatic carbocycles. The number of pyridine rings is 1. The second-order valence-corrected chi connectivity index (χ2v) is 6.99. The summed E-state index contributed by atoms with van der Waals surface area (Å²) in [7, 11) is 0. The number of piperazine rings is 1. The third-order valence-corrected chi connectivity index (χ3v) is 4.55. The van der Waals surface area contributed by atoms with E-state index in [2.05, 4.69) is 9.88 Å². The van der Waals surface area contributed by atoms with E-state index in [0.29, 0.717) is 23.9 Å². The molecule has 6 heteroatoms. The minimum Gasteiger partial charge on any atom is -0.478 e. The molecule has 0 radical (unpaired) electrons. The minimum absolute atomic E-state index is 0.00294. The molecule has 1 aromatic carbocycles. The van der Waals surface area contributed by atoms with Gasteiger partial charge in [0.25, 0.3) is 5.91 Å². The summed E-state index contributed by atoms with van der Waals surface area (Å²) in [5.41, 5.74) is 0.214. The summed E-state index contributed by atoms with van der Waals surface area (Å²) in [6.07, 6.45) is 3.58. The van der Waals surface area contributed by atoms with Crippen LogP contribution in [0.1, 0.15) is 13.8 Å². The number of anilines is 1. The average Bonchev–Trinajstić information content (AvgIpc) is 2.64. The molecular weight excluding hydrogens is 338 g/mol. The highest BCUT2D eigenvalue weighted by molar-refractivity contribution is 6.30. The van der Waals surface area contributed by atoms with Crippen LogP contribution < -0.4 is 9.64 Å². The first-order valence-corrected chi connectivity index (χ1v) is 8.72. The lowest BCUT2D eigenvalue weighted by molar-refractivity contribution is -0.145. The lowest BCUT2D eigenvalue weighted by Crippen LogP contribution is -2.55. The van der Waals surface area contributed by atoms with Gasteiger partial charge in [-0.15, -0.1) is 0 Å². The van der Waals surface area contributed by atoms with Gasteiger partial charge in [0.15, 0.2) is 5.60 Å². The Morgan fingerprint density at radius 3 is 2.24 bits per heavy atom. The Labute approximate surface area is 153 Å². The van der Waals surface area contributed by atoms with Gasteiger partial charge in [-0.25, -0.2) is 0 Å². The monoisotopic (exact) mass is 359 g/mol. The molecule has 0 N–H and O–H groups in total. The molecule has 1 fully saturated rings. The third-order valence-electron chi connectivity index (χ3n) is 4.30. The Bertz CT molecular complexity index is 711. The van der Waals surface area contributed by atoms with Gasteiger partial charge in [-0.1, -0.05) is 11.6 Å². The number of carbonyl (C=O) groups is 1. The van der Waals surface area contributed by atoms with Crippen molar-refractivity contribution in [1.82, 2.24) is 9.88 Å². The maximum absolute atomic E-state index is 12.9. The fourth-order valence-electron chi connectivity index (χ4n) is 2.94. The van der Waals surface area contributed by atoms with Crippen molar-refractivity contribution in [3.8, 4) is 5.75 Å². The Morgan fingerprint density at radius 1 is 1.04 bits per heavy atom. The van der Waals surface area contributed by atoms with Gasteiger partial charge in [-0.3, -0.25) is 9.78 Å². The molecule has 0 saturated carbocycles. The van der Waals surface area contributed by atoms with Gasteiger partial charge in [0.05, 0.1) is 0 Å². The Balaban J connectivity index is 1.60. The number of rotatable bonds is 4. The molecule has 0 unspecified atom stereocenters. The highest BCUT2D eigenvalue weighted by Gasteiger charge is 2.35. The van der Waals surface area contributed by atoms with E-state index in [1.54, 1.807) is 50.5 Å². The molecule has 132 valence electrons. The zero-order valence-corrected chi connectivity index (χ0v) is 15.2. The van der Waals surface area contributed by atoms with Crippen LogP contribution in [-0.2, 0) is 4.79 Å². The molecule has 1 saturated heterocycles. The van der Waals surface area contributed by atoms with E-state index >= 15 is 0 Å². The molecule has 1 aliphatic rings. The summed E-state index contributed by atoms with van der Waals surface area (Å²) in [6.45, 7) is 6.56. The van der Waals surface area contributed by atoms with E-state index in [4.69, 9.17) is 16.3 Å². The predicted octanol–water partition coefficient (Wildman–Crippen LogP) is 3.24. The van der Waals surface area contributed by atoms with E-state index in [-0.39, 0.29) is 5.91 Å². The van der Waals surface area contributed by atoms with Crippen LogP contribution in [0.25, 0.3) is 0 Å². The molecule has 25 heavy (non-hydrogen) atoms. The number of halogens is 1. The van der Waals surface area contributed by atoms with Crippen LogP contribution in [-0.4, -0.2) is 47.6 Å². The molecular formula is C19H22ClN3O2. The molecule has 0 bridgehead atoms. The van der Waals surface area contributed by atoms with Crippen LogP contribution in [0.4, 0.5) is 5.69 Å². The molecule has 0 spiro atoms. The van der Waals surface area contributed by atoms with Crippen molar-refractivity contribution < 1.29 is 9.53 Å². The van der Waals surface area contributed by atoms with E-state index in [1.807, 2.05) is 17.0 Å². The quantitative estimate of drug-likeness (QED) is 0.840. The van der Waals surface area contributed by atoms with Crippen molar-refractivity contribution in [2.45, 2.75) is 19.4 Å². The van der Waals surface area contributed by atoms with E-state index in [1.165, 1.54) is 0 Å². The van der Waals surface area contributed by atoms with Gasteiger partial charge >= 0.3 is 0 Å². The number of carbonyl (C=O) groups excluding carboxylic acids is 1. The molecule has 3 rings (SSSR count). The fourth-order valence-corrected chi connectivity index (χ4v) is 3.07. The number of nitrogens with zero attached hydrogens (tertiary/aromatic N) is 3. The average molecular weight is 360 g/mol. The van der Waals surface area contributed by atoms with Crippen LogP contribution in [0.2, 0.25) is 5.02 Å².